The standard InChI is InChI=1S/C27H23ClN2O4/c1-16-9-10-17(2)24(18(16)3)34-27(33)20-11-13-21(14-12-20)29-23-22(28)25(31)30(26(23)32)15-19-7-5-4-6-8-19/h4-14,29H,15H2,1-3H3. The van der Waals surface area contributed by atoms with Crippen molar-refractivity contribution in [2.24, 2.45) is 0 Å². The topological polar surface area (TPSA) is 75.7 Å². The predicted octanol–water partition coefficient (Wildman–Crippen LogP) is 5.26. The van der Waals surface area contributed by atoms with E-state index in [-0.39, 0.29) is 17.3 Å². The van der Waals surface area contributed by atoms with Crippen LogP contribution in [0.15, 0.2) is 77.5 Å². The molecule has 0 saturated carbocycles. The fraction of sp³-hybridized carbons (Fsp3) is 0.148. The van der Waals surface area contributed by atoms with Crippen LogP contribution in [-0.4, -0.2) is 22.7 Å². The number of carbonyl (C=O) groups is 3. The largest absolute Gasteiger partial charge is 0.422 e. The van der Waals surface area contributed by atoms with E-state index in [1.807, 2.05) is 63.2 Å². The molecule has 0 aliphatic carbocycles. The summed E-state index contributed by atoms with van der Waals surface area (Å²) in [5.41, 5.74) is 4.51. The van der Waals surface area contributed by atoms with Crippen molar-refractivity contribution in [2.75, 3.05) is 5.32 Å². The molecule has 1 N–H and O–H groups in total. The molecule has 0 spiro atoms. The molecule has 4 rings (SSSR count). The van der Waals surface area contributed by atoms with Crippen molar-refractivity contribution in [1.82, 2.24) is 4.90 Å². The van der Waals surface area contributed by atoms with Crippen molar-refractivity contribution in [3.63, 3.8) is 0 Å². The van der Waals surface area contributed by atoms with Crippen LogP contribution in [0.25, 0.3) is 0 Å². The average Bonchev–Trinajstić information content (AvgIpc) is 3.03. The molecule has 3 aromatic rings. The lowest BCUT2D eigenvalue weighted by atomic mass is 10.1. The number of aryl methyl sites for hydroxylation is 2. The molecular weight excluding hydrogens is 452 g/mol. The maximum atomic E-state index is 12.8. The van der Waals surface area contributed by atoms with E-state index in [1.54, 1.807) is 24.3 Å². The summed E-state index contributed by atoms with van der Waals surface area (Å²) in [5.74, 6) is -0.991. The lowest BCUT2D eigenvalue weighted by molar-refractivity contribution is -0.138. The number of carbonyl (C=O) groups excluding carboxylic acids is 3. The Bertz CT molecular complexity index is 1310. The highest BCUT2D eigenvalue weighted by molar-refractivity contribution is 6.48. The van der Waals surface area contributed by atoms with E-state index in [4.69, 9.17) is 16.3 Å². The number of rotatable bonds is 6. The zero-order chi connectivity index (χ0) is 24.4. The van der Waals surface area contributed by atoms with Gasteiger partial charge in [-0.15, -0.1) is 0 Å². The number of halogens is 1. The van der Waals surface area contributed by atoms with E-state index in [2.05, 4.69) is 5.32 Å². The smallest absolute Gasteiger partial charge is 0.343 e. The van der Waals surface area contributed by atoms with Crippen molar-refractivity contribution in [3.05, 3.63) is 105 Å². The second-order valence-corrected chi connectivity index (χ2v) is 8.49. The van der Waals surface area contributed by atoms with Gasteiger partial charge in [0, 0.05) is 5.69 Å². The number of hydrogen-bond donors (Lipinski definition) is 1. The lowest BCUT2D eigenvalue weighted by Gasteiger charge is -2.15. The van der Waals surface area contributed by atoms with Gasteiger partial charge in [-0.3, -0.25) is 14.5 Å². The van der Waals surface area contributed by atoms with Crippen LogP contribution in [0.4, 0.5) is 5.69 Å². The van der Waals surface area contributed by atoms with Crippen molar-refractivity contribution < 1.29 is 19.1 Å². The SMILES string of the molecule is Cc1ccc(C)c(OC(=O)c2ccc(NC3=C(Cl)C(=O)N(Cc4ccccc4)C3=O)cc2)c1C. The monoisotopic (exact) mass is 474 g/mol. The normalized spacial score (nSPS) is 13.5. The maximum Gasteiger partial charge on any atom is 0.343 e. The molecule has 34 heavy (non-hydrogen) atoms. The molecule has 0 unspecified atom stereocenters. The third-order valence-corrected chi connectivity index (χ3v) is 6.10. The van der Waals surface area contributed by atoms with E-state index < -0.39 is 17.8 Å². The molecule has 0 fully saturated rings. The Morgan fingerprint density at radius 2 is 1.53 bits per heavy atom. The zero-order valence-corrected chi connectivity index (χ0v) is 19.8. The number of nitrogens with one attached hydrogen (secondary N) is 1. The molecule has 1 aliphatic rings. The first-order chi connectivity index (χ1) is 16.3. The van der Waals surface area contributed by atoms with Crippen LogP contribution in [0, 0.1) is 20.8 Å². The summed E-state index contributed by atoms with van der Waals surface area (Å²) in [6.07, 6.45) is 0. The summed E-state index contributed by atoms with van der Waals surface area (Å²) in [7, 11) is 0. The minimum Gasteiger partial charge on any atom is -0.422 e. The number of hydrogen-bond acceptors (Lipinski definition) is 5. The van der Waals surface area contributed by atoms with Crippen LogP contribution in [0.2, 0.25) is 0 Å². The molecule has 172 valence electrons. The summed E-state index contributed by atoms with van der Waals surface area (Å²) in [4.78, 5) is 39.1. The predicted molar refractivity (Wildman–Crippen MR) is 131 cm³/mol. The molecule has 0 radical (unpaired) electrons. The first kappa shape index (κ1) is 23.3. The van der Waals surface area contributed by atoms with Crippen molar-refractivity contribution in [3.8, 4) is 5.75 Å². The highest BCUT2D eigenvalue weighted by atomic mass is 35.5. The van der Waals surface area contributed by atoms with Gasteiger partial charge in [-0.2, -0.15) is 0 Å². The molecule has 7 heteroatoms. The fourth-order valence-corrected chi connectivity index (χ4v) is 3.86. The highest BCUT2D eigenvalue weighted by Gasteiger charge is 2.37. The van der Waals surface area contributed by atoms with Crippen LogP contribution in [0.5, 0.6) is 5.75 Å². The Balaban J connectivity index is 1.46. The lowest BCUT2D eigenvalue weighted by Crippen LogP contribution is -2.31. The van der Waals surface area contributed by atoms with Crippen LogP contribution in [-0.2, 0) is 16.1 Å². The molecule has 3 aromatic carbocycles. The highest BCUT2D eigenvalue weighted by Crippen LogP contribution is 2.28. The maximum absolute atomic E-state index is 12.8. The van der Waals surface area contributed by atoms with Crippen molar-refractivity contribution in [2.45, 2.75) is 27.3 Å². The van der Waals surface area contributed by atoms with E-state index in [0.29, 0.717) is 17.0 Å². The summed E-state index contributed by atoms with van der Waals surface area (Å²) >= 11 is 6.18. The Labute approximate surface area is 202 Å². The van der Waals surface area contributed by atoms with E-state index in [1.165, 1.54) is 0 Å². The average molecular weight is 475 g/mol. The Morgan fingerprint density at radius 1 is 0.882 bits per heavy atom. The van der Waals surface area contributed by atoms with Crippen LogP contribution >= 0.6 is 11.6 Å². The number of anilines is 1. The van der Waals surface area contributed by atoms with E-state index in [0.717, 1.165) is 27.2 Å². The number of nitrogens with zero attached hydrogens (tertiary/aromatic N) is 1. The first-order valence-electron chi connectivity index (χ1n) is 10.7. The van der Waals surface area contributed by atoms with Crippen molar-refractivity contribution in [1.29, 1.82) is 0 Å². The van der Waals surface area contributed by atoms with Crippen LogP contribution in [0.1, 0.15) is 32.6 Å². The van der Waals surface area contributed by atoms with Gasteiger partial charge in [0.05, 0.1) is 12.1 Å². The Morgan fingerprint density at radius 3 is 2.21 bits per heavy atom. The van der Waals surface area contributed by atoms with E-state index in [9.17, 15) is 14.4 Å². The molecular formula is C27H23ClN2O4. The van der Waals surface area contributed by atoms with Crippen molar-refractivity contribution >= 4 is 35.1 Å². The van der Waals surface area contributed by atoms with Gasteiger partial charge in [-0.05, 0) is 67.3 Å². The van der Waals surface area contributed by atoms with E-state index >= 15 is 0 Å². The van der Waals surface area contributed by atoms with Gasteiger partial charge in [0.15, 0.2) is 0 Å². The molecule has 2 amide bonds. The van der Waals surface area contributed by atoms with Gasteiger partial charge in [0.2, 0.25) is 0 Å². The van der Waals surface area contributed by atoms with Gasteiger partial charge >= 0.3 is 5.97 Å². The molecule has 0 bridgehead atoms. The summed E-state index contributed by atoms with van der Waals surface area (Å²) < 4.78 is 5.64. The number of amides is 2. The number of ether oxygens (including phenoxy) is 1. The quantitative estimate of drug-likeness (QED) is 0.299. The summed E-state index contributed by atoms with van der Waals surface area (Å²) in [6.45, 7) is 5.89. The van der Waals surface area contributed by atoms with Crippen LogP contribution in [0.3, 0.4) is 0 Å². The summed E-state index contributed by atoms with van der Waals surface area (Å²) in [6, 6.07) is 19.5. The van der Waals surface area contributed by atoms with Gasteiger partial charge in [-0.25, -0.2) is 4.79 Å². The summed E-state index contributed by atoms with van der Waals surface area (Å²) in [5, 5.41) is 2.74. The molecule has 1 aliphatic heterocycles. The van der Waals surface area contributed by atoms with Gasteiger partial charge in [0.25, 0.3) is 11.8 Å². The second-order valence-electron chi connectivity index (χ2n) is 8.12. The minimum atomic E-state index is -0.554. The van der Waals surface area contributed by atoms with Gasteiger partial charge in [-0.1, -0.05) is 54.1 Å². The molecule has 1 heterocycles. The molecule has 0 aromatic heterocycles. The van der Waals surface area contributed by atoms with Crippen LogP contribution < -0.4 is 10.1 Å². The third kappa shape index (κ3) is 4.58. The fourth-order valence-electron chi connectivity index (χ4n) is 3.63. The minimum absolute atomic E-state index is 0.00364. The third-order valence-electron chi connectivity index (χ3n) is 5.75. The van der Waals surface area contributed by atoms with Gasteiger partial charge < -0.3 is 10.1 Å². The molecule has 6 nitrogen and oxygen atoms in total. The van der Waals surface area contributed by atoms with Gasteiger partial charge in [0.1, 0.15) is 16.5 Å². The Kier molecular flexibility index (Phi) is 6.52. The Hall–Kier alpha value is -3.90. The number of esters is 1. The first-order valence-corrected chi connectivity index (χ1v) is 11.1. The molecule has 0 atom stereocenters. The number of imide groups is 1. The number of benzene rings is 3. The zero-order valence-electron chi connectivity index (χ0n) is 19.0. The molecule has 0 saturated heterocycles. The second kappa shape index (κ2) is 9.53.